The van der Waals surface area contributed by atoms with E-state index in [1.165, 1.54) is 0 Å². The van der Waals surface area contributed by atoms with E-state index in [0.29, 0.717) is 11.4 Å². The minimum absolute atomic E-state index is 0.0679. The number of nitrogens with one attached hydrogen (secondary N) is 1. The van der Waals surface area contributed by atoms with Crippen molar-refractivity contribution in [3.8, 4) is 0 Å². The van der Waals surface area contributed by atoms with Gasteiger partial charge in [0.15, 0.2) is 0 Å². The lowest BCUT2D eigenvalue weighted by atomic mass is 10.1. The van der Waals surface area contributed by atoms with Gasteiger partial charge in [-0.25, -0.2) is 0 Å². The molecule has 0 spiro atoms. The molecule has 2 rings (SSSR count). The molecule has 0 radical (unpaired) electrons. The summed E-state index contributed by atoms with van der Waals surface area (Å²) in [5.74, 6) is -0.149. The summed E-state index contributed by atoms with van der Waals surface area (Å²) in [4.78, 5) is 11.9. The summed E-state index contributed by atoms with van der Waals surface area (Å²) in [6.45, 7) is 1.89. The van der Waals surface area contributed by atoms with Gasteiger partial charge in [-0.05, 0) is 31.4 Å². The predicted molar refractivity (Wildman–Crippen MR) is 79.5 cm³/mol. The lowest BCUT2D eigenvalue weighted by molar-refractivity contribution is -0.113. The second kappa shape index (κ2) is 6.19. The Morgan fingerprint density at radius 1 is 1.42 bits per heavy atom. The quantitative estimate of drug-likeness (QED) is 0.831. The lowest BCUT2D eigenvalue weighted by Crippen LogP contribution is -2.25. The fourth-order valence-electron chi connectivity index (χ4n) is 2.44. The smallest absolute Gasteiger partial charge is 0.237 e. The van der Waals surface area contributed by atoms with Crippen molar-refractivity contribution in [3.05, 3.63) is 23.8 Å². The number of benzene rings is 1. The van der Waals surface area contributed by atoms with Crippen molar-refractivity contribution in [3.63, 3.8) is 0 Å². The third-order valence-electron chi connectivity index (χ3n) is 3.52. The number of anilines is 2. The summed E-state index contributed by atoms with van der Waals surface area (Å²) in [6, 6.07) is 5.48. The van der Waals surface area contributed by atoms with Crippen LogP contribution >= 0.6 is 0 Å². The van der Waals surface area contributed by atoms with E-state index >= 15 is 0 Å². The molecule has 0 aromatic heterocycles. The first-order valence-electron chi connectivity index (χ1n) is 6.60. The van der Waals surface area contributed by atoms with E-state index in [-0.39, 0.29) is 16.9 Å². The normalized spacial score (nSPS) is 17.3. The molecular weight excluding hydrogens is 260 g/mol. The summed E-state index contributed by atoms with van der Waals surface area (Å²) < 4.78 is 12.0. The SMILES string of the molecule is Cc1cccc(N)c1NC(=O)CS(=O)C1CCCC1. The van der Waals surface area contributed by atoms with Gasteiger partial charge in [0, 0.05) is 16.0 Å². The monoisotopic (exact) mass is 280 g/mol. The van der Waals surface area contributed by atoms with Crippen LogP contribution in [-0.4, -0.2) is 21.1 Å². The van der Waals surface area contributed by atoms with E-state index in [1.54, 1.807) is 6.07 Å². The average molecular weight is 280 g/mol. The van der Waals surface area contributed by atoms with E-state index in [1.807, 2.05) is 19.1 Å². The zero-order valence-electron chi connectivity index (χ0n) is 11.1. The van der Waals surface area contributed by atoms with Crippen molar-refractivity contribution in [1.29, 1.82) is 0 Å². The van der Waals surface area contributed by atoms with Gasteiger partial charge in [-0.2, -0.15) is 0 Å². The lowest BCUT2D eigenvalue weighted by Gasteiger charge is -2.12. The van der Waals surface area contributed by atoms with Crippen molar-refractivity contribution in [1.82, 2.24) is 0 Å². The summed E-state index contributed by atoms with van der Waals surface area (Å²) in [5, 5.41) is 2.97. The van der Waals surface area contributed by atoms with Crippen molar-refractivity contribution in [2.45, 2.75) is 37.9 Å². The van der Waals surface area contributed by atoms with Gasteiger partial charge in [0.05, 0.1) is 11.4 Å². The number of hydrogen-bond donors (Lipinski definition) is 2. The molecule has 19 heavy (non-hydrogen) atoms. The van der Waals surface area contributed by atoms with Gasteiger partial charge in [0.25, 0.3) is 0 Å². The molecule has 1 unspecified atom stereocenters. The highest BCUT2D eigenvalue weighted by Crippen LogP contribution is 2.24. The van der Waals surface area contributed by atoms with Crippen LogP contribution in [0.5, 0.6) is 0 Å². The number of amides is 1. The van der Waals surface area contributed by atoms with E-state index in [9.17, 15) is 9.00 Å². The van der Waals surface area contributed by atoms with Crippen LogP contribution in [0.25, 0.3) is 0 Å². The molecule has 1 fully saturated rings. The van der Waals surface area contributed by atoms with Crippen molar-refractivity contribution >= 4 is 28.1 Å². The number of nitrogens with two attached hydrogens (primary N) is 1. The third-order valence-corrected chi connectivity index (χ3v) is 5.28. The Balaban J connectivity index is 1.95. The summed E-state index contributed by atoms with van der Waals surface area (Å²) >= 11 is 0. The molecule has 0 aliphatic heterocycles. The molecule has 5 heteroatoms. The van der Waals surface area contributed by atoms with Crippen LogP contribution in [0.15, 0.2) is 18.2 Å². The first-order chi connectivity index (χ1) is 9.08. The van der Waals surface area contributed by atoms with Crippen molar-refractivity contribution < 1.29 is 9.00 Å². The van der Waals surface area contributed by atoms with Crippen molar-refractivity contribution in [2.24, 2.45) is 0 Å². The molecule has 0 saturated heterocycles. The third kappa shape index (κ3) is 3.56. The molecule has 3 N–H and O–H groups in total. The molecule has 1 amide bonds. The van der Waals surface area contributed by atoms with Crippen LogP contribution in [0.4, 0.5) is 11.4 Å². The minimum atomic E-state index is -1.07. The Morgan fingerprint density at radius 3 is 2.74 bits per heavy atom. The van der Waals surface area contributed by atoms with Gasteiger partial charge < -0.3 is 11.1 Å². The fraction of sp³-hybridized carbons (Fsp3) is 0.500. The zero-order chi connectivity index (χ0) is 13.8. The Morgan fingerprint density at radius 2 is 2.11 bits per heavy atom. The number of carbonyl (C=O) groups is 1. The van der Waals surface area contributed by atoms with Crippen LogP contribution in [0.3, 0.4) is 0 Å². The molecule has 1 atom stereocenters. The Labute approximate surface area is 116 Å². The second-order valence-electron chi connectivity index (χ2n) is 5.02. The van der Waals surface area contributed by atoms with Crippen LogP contribution in [0.2, 0.25) is 0 Å². The van der Waals surface area contributed by atoms with Crippen molar-refractivity contribution in [2.75, 3.05) is 16.8 Å². The first kappa shape index (κ1) is 14.1. The van der Waals surface area contributed by atoms with E-state index in [2.05, 4.69) is 5.32 Å². The molecule has 104 valence electrons. The fourth-order valence-corrected chi connectivity index (χ4v) is 3.86. The number of para-hydroxylation sites is 1. The van der Waals surface area contributed by atoms with Crippen LogP contribution < -0.4 is 11.1 Å². The molecular formula is C14H20N2O2S. The predicted octanol–water partition coefficient (Wildman–Crippen LogP) is 2.21. The van der Waals surface area contributed by atoms with Crippen LogP contribution in [0.1, 0.15) is 31.2 Å². The highest BCUT2D eigenvalue weighted by Gasteiger charge is 2.23. The highest BCUT2D eigenvalue weighted by molar-refractivity contribution is 7.86. The maximum atomic E-state index is 12.0. The van der Waals surface area contributed by atoms with E-state index < -0.39 is 10.8 Å². The molecule has 1 aromatic rings. The molecule has 1 aliphatic rings. The largest absolute Gasteiger partial charge is 0.397 e. The average Bonchev–Trinajstić information content (AvgIpc) is 2.88. The number of nitrogen functional groups attached to an aromatic ring is 1. The molecule has 1 saturated carbocycles. The van der Waals surface area contributed by atoms with Gasteiger partial charge in [-0.3, -0.25) is 9.00 Å². The number of carbonyl (C=O) groups excluding carboxylic acids is 1. The standard InChI is InChI=1S/C14H20N2O2S/c1-10-5-4-8-12(15)14(10)16-13(17)9-19(18)11-6-2-3-7-11/h4-5,8,11H,2-3,6-7,9,15H2,1H3,(H,16,17). The zero-order valence-corrected chi connectivity index (χ0v) is 12.0. The Bertz CT molecular complexity index is 476. The van der Waals surface area contributed by atoms with Gasteiger partial charge in [-0.15, -0.1) is 0 Å². The van der Waals surface area contributed by atoms with Crippen LogP contribution in [-0.2, 0) is 15.6 Å². The van der Waals surface area contributed by atoms with Gasteiger partial charge >= 0.3 is 0 Å². The topological polar surface area (TPSA) is 72.2 Å². The maximum Gasteiger partial charge on any atom is 0.237 e. The molecule has 4 nitrogen and oxygen atoms in total. The van der Waals surface area contributed by atoms with Crippen LogP contribution in [0, 0.1) is 6.92 Å². The summed E-state index contributed by atoms with van der Waals surface area (Å²) in [7, 11) is -1.07. The van der Waals surface area contributed by atoms with Gasteiger partial charge in [0.1, 0.15) is 5.75 Å². The first-order valence-corrected chi connectivity index (χ1v) is 7.98. The van der Waals surface area contributed by atoms with Gasteiger partial charge in [-0.1, -0.05) is 25.0 Å². The molecule has 0 heterocycles. The Kier molecular flexibility index (Phi) is 4.58. The maximum absolute atomic E-state index is 12.0. The number of aryl methyl sites for hydroxylation is 1. The molecule has 1 aliphatic carbocycles. The highest BCUT2D eigenvalue weighted by atomic mass is 32.2. The Hall–Kier alpha value is -1.36. The number of hydrogen-bond acceptors (Lipinski definition) is 3. The second-order valence-corrected chi connectivity index (χ2v) is 6.74. The summed E-state index contributed by atoms with van der Waals surface area (Å²) in [5.41, 5.74) is 7.93. The van der Waals surface area contributed by atoms with E-state index in [0.717, 1.165) is 31.2 Å². The summed E-state index contributed by atoms with van der Waals surface area (Å²) in [6.07, 6.45) is 4.21. The van der Waals surface area contributed by atoms with E-state index in [4.69, 9.17) is 5.73 Å². The van der Waals surface area contributed by atoms with Gasteiger partial charge in [0.2, 0.25) is 5.91 Å². The molecule has 0 bridgehead atoms. The minimum Gasteiger partial charge on any atom is -0.397 e. The number of rotatable bonds is 4. The molecule has 1 aromatic carbocycles.